The second-order valence-electron chi connectivity index (χ2n) is 4.69. The third-order valence-corrected chi connectivity index (χ3v) is 3.25. The molecule has 0 aliphatic rings. The molecule has 5 heteroatoms. The molecule has 0 saturated heterocycles. The van der Waals surface area contributed by atoms with Crippen LogP contribution in [0.2, 0.25) is 0 Å². The first kappa shape index (κ1) is 13.1. The van der Waals surface area contributed by atoms with E-state index in [4.69, 9.17) is 5.11 Å². The Balaban J connectivity index is 2.03. The van der Waals surface area contributed by atoms with Crippen LogP contribution in [0.25, 0.3) is 21.7 Å². The van der Waals surface area contributed by atoms with E-state index in [0.717, 1.165) is 21.7 Å². The molecule has 104 valence electrons. The van der Waals surface area contributed by atoms with Crippen molar-refractivity contribution in [2.75, 3.05) is 5.43 Å². The van der Waals surface area contributed by atoms with Gasteiger partial charge in [0.1, 0.15) is 5.71 Å². The summed E-state index contributed by atoms with van der Waals surface area (Å²) in [5.74, 6) is -1.05. The smallest absolute Gasteiger partial charge is 0.351 e. The fourth-order valence-electron chi connectivity index (χ4n) is 2.13. The summed E-state index contributed by atoms with van der Waals surface area (Å²) in [4.78, 5) is 15.1. The van der Waals surface area contributed by atoms with Gasteiger partial charge in [-0.25, -0.2) is 4.79 Å². The predicted molar refractivity (Wildman–Crippen MR) is 83.6 cm³/mol. The minimum Gasteiger partial charge on any atom is -0.477 e. The van der Waals surface area contributed by atoms with Crippen molar-refractivity contribution in [3.05, 3.63) is 48.7 Å². The van der Waals surface area contributed by atoms with Crippen LogP contribution < -0.4 is 5.43 Å². The highest BCUT2D eigenvalue weighted by atomic mass is 16.4. The van der Waals surface area contributed by atoms with E-state index in [-0.39, 0.29) is 5.71 Å². The zero-order valence-corrected chi connectivity index (χ0v) is 11.4. The number of carboxylic acids is 1. The number of carbonyl (C=O) groups is 1. The molecule has 0 saturated carbocycles. The topological polar surface area (TPSA) is 74.6 Å². The molecule has 5 nitrogen and oxygen atoms in total. The summed E-state index contributed by atoms with van der Waals surface area (Å²) >= 11 is 0. The number of hydrogen-bond donors (Lipinski definition) is 2. The molecule has 0 unspecified atom stereocenters. The lowest BCUT2D eigenvalue weighted by atomic mass is 10.1. The van der Waals surface area contributed by atoms with Gasteiger partial charge in [-0.05, 0) is 24.4 Å². The third-order valence-electron chi connectivity index (χ3n) is 3.25. The number of anilines is 1. The van der Waals surface area contributed by atoms with Gasteiger partial charge in [-0.1, -0.05) is 30.3 Å². The van der Waals surface area contributed by atoms with Gasteiger partial charge in [0.25, 0.3) is 0 Å². The summed E-state index contributed by atoms with van der Waals surface area (Å²) in [5.41, 5.74) is 4.27. The van der Waals surface area contributed by atoms with E-state index < -0.39 is 5.97 Å². The molecule has 1 heterocycles. The van der Waals surface area contributed by atoms with Gasteiger partial charge < -0.3 is 5.11 Å². The summed E-state index contributed by atoms with van der Waals surface area (Å²) < 4.78 is 0. The van der Waals surface area contributed by atoms with Crippen molar-refractivity contribution in [2.45, 2.75) is 6.92 Å². The normalized spacial score (nSPS) is 11.8. The number of fused-ring (bicyclic) bond motifs is 3. The van der Waals surface area contributed by atoms with Gasteiger partial charge in [0, 0.05) is 17.0 Å². The Morgan fingerprint density at radius 3 is 2.81 bits per heavy atom. The summed E-state index contributed by atoms with van der Waals surface area (Å²) in [6, 6.07) is 13.7. The average Bonchev–Trinajstić information content (AvgIpc) is 2.52. The average molecular weight is 279 g/mol. The van der Waals surface area contributed by atoms with E-state index in [1.165, 1.54) is 6.92 Å². The molecule has 0 bridgehead atoms. The lowest BCUT2D eigenvalue weighted by Crippen LogP contribution is -2.10. The van der Waals surface area contributed by atoms with Crippen LogP contribution in [0.4, 0.5) is 5.69 Å². The van der Waals surface area contributed by atoms with Crippen molar-refractivity contribution >= 4 is 39.0 Å². The Morgan fingerprint density at radius 2 is 2.00 bits per heavy atom. The number of pyridine rings is 1. The molecule has 0 aliphatic heterocycles. The fourth-order valence-corrected chi connectivity index (χ4v) is 2.13. The molecule has 0 fully saturated rings. The second-order valence-corrected chi connectivity index (χ2v) is 4.69. The van der Waals surface area contributed by atoms with Gasteiger partial charge >= 0.3 is 5.97 Å². The Morgan fingerprint density at radius 1 is 1.19 bits per heavy atom. The standard InChI is InChI=1S/C16H13N3O2/c1-10(16(20)21)18-19-12-6-7-14-13-5-3-2-4-11(13)9-17-15(14)8-12/h2-9,19H,1H3,(H,20,21)/b18-10+. The third kappa shape index (κ3) is 2.53. The number of aromatic nitrogens is 1. The molecule has 0 atom stereocenters. The summed E-state index contributed by atoms with van der Waals surface area (Å²) in [7, 11) is 0. The minimum atomic E-state index is -1.05. The minimum absolute atomic E-state index is 0.00145. The van der Waals surface area contributed by atoms with E-state index in [0.29, 0.717) is 5.69 Å². The number of carboxylic acid groups (broad SMARTS) is 1. The van der Waals surface area contributed by atoms with Crippen LogP contribution in [0.15, 0.2) is 53.8 Å². The van der Waals surface area contributed by atoms with Gasteiger partial charge in [0.2, 0.25) is 0 Å². The van der Waals surface area contributed by atoms with E-state index in [2.05, 4.69) is 21.6 Å². The molecule has 0 radical (unpaired) electrons. The SMILES string of the molecule is C/C(=N\Nc1ccc2c(c1)ncc1ccccc12)C(=O)O. The van der Waals surface area contributed by atoms with Crippen LogP contribution >= 0.6 is 0 Å². The highest BCUT2D eigenvalue weighted by molar-refractivity contribution is 6.34. The van der Waals surface area contributed by atoms with Crippen molar-refractivity contribution in [1.29, 1.82) is 0 Å². The molecule has 0 aliphatic carbocycles. The number of rotatable bonds is 3. The van der Waals surface area contributed by atoms with Crippen LogP contribution in [0.3, 0.4) is 0 Å². The zero-order chi connectivity index (χ0) is 14.8. The van der Waals surface area contributed by atoms with Crippen molar-refractivity contribution in [1.82, 2.24) is 4.98 Å². The molecule has 21 heavy (non-hydrogen) atoms. The maximum absolute atomic E-state index is 10.7. The van der Waals surface area contributed by atoms with Crippen molar-refractivity contribution < 1.29 is 9.90 Å². The summed E-state index contributed by atoms with van der Waals surface area (Å²) in [5, 5.41) is 15.8. The van der Waals surface area contributed by atoms with Gasteiger partial charge in [0.05, 0.1) is 11.2 Å². The molecule has 0 spiro atoms. The number of hydrazone groups is 1. The van der Waals surface area contributed by atoms with Crippen LogP contribution in [0.5, 0.6) is 0 Å². The number of nitrogens with zero attached hydrogens (tertiary/aromatic N) is 2. The first-order valence-electron chi connectivity index (χ1n) is 6.46. The van der Waals surface area contributed by atoms with Gasteiger partial charge in [0.15, 0.2) is 0 Å². The molecule has 3 rings (SSSR count). The van der Waals surface area contributed by atoms with Gasteiger partial charge in [-0.15, -0.1) is 0 Å². The largest absolute Gasteiger partial charge is 0.477 e. The van der Waals surface area contributed by atoms with Crippen molar-refractivity contribution in [3.63, 3.8) is 0 Å². The van der Waals surface area contributed by atoms with E-state index >= 15 is 0 Å². The van der Waals surface area contributed by atoms with Crippen molar-refractivity contribution in [2.24, 2.45) is 5.10 Å². The molecular weight excluding hydrogens is 266 g/mol. The fraction of sp³-hybridized carbons (Fsp3) is 0.0625. The molecule has 2 N–H and O–H groups in total. The van der Waals surface area contributed by atoms with E-state index in [1.807, 2.05) is 42.6 Å². The summed E-state index contributed by atoms with van der Waals surface area (Å²) in [6.45, 7) is 1.43. The second kappa shape index (κ2) is 5.20. The Labute approximate surface area is 120 Å². The monoisotopic (exact) mass is 279 g/mol. The Kier molecular flexibility index (Phi) is 3.23. The molecule has 3 aromatic rings. The quantitative estimate of drug-likeness (QED) is 0.438. The van der Waals surface area contributed by atoms with Crippen LogP contribution in [-0.2, 0) is 4.79 Å². The first-order valence-corrected chi connectivity index (χ1v) is 6.46. The zero-order valence-electron chi connectivity index (χ0n) is 11.4. The highest BCUT2D eigenvalue weighted by Gasteiger charge is 2.04. The van der Waals surface area contributed by atoms with E-state index in [9.17, 15) is 4.79 Å². The number of hydrogen-bond acceptors (Lipinski definition) is 4. The van der Waals surface area contributed by atoms with E-state index in [1.54, 1.807) is 0 Å². The highest BCUT2D eigenvalue weighted by Crippen LogP contribution is 2.25. The number of nitrogens with one attached hydrogen (secondary N) is 1. The number of aliphatic carboxylic acids is 1. The van der Waals surface area contributed by atoms with Crippen LogP contribution in [-0.4, -0.2) is 21.8 Å². The number of benzene rings is 2. The molecular formula is C16H13N3O2. The lowest BCUT2D eigenvalue weighted by Gasteiger charge is -2.06. The summed E-state index contributed by atoms with van der Waals surface area (Å²) in [6.07, 6.45) is 1.83. The molecule has 2 aromatic carbocycles. The van der Waals surface area contributed by atoms with Gasteiger partial charge in [-0.3, -0.25) is 10.4 Å². The van der Waals surface area contributed by atoms with Crippen LogP contribution in [0, 0.1) is 0 Å². The predicted octanol–water partition coefficient (Wildman–Crippen LogP) is 3.26. The molecule has 0 amide bonds. The lowest BCUT2D eigenvalue weighted by molar-refractivity contribution is -0.129. The van der Waals surface area contributed by atoms with Crippen molar-refractivity contribution in [3.8, 4) is 0 Å². The van der Waals surface area contributed by atoms with Crippen LogP contribution in [0.1, 0.15) is 6.92 Å². The maximum Gasteiger partial charge on any atom is 0.351 e. The molecule has 1 aromatic heterocycles. The maximum atomic E-state index is 10.7. The Bertz CT molecular complexity index is 872. The Hall–Kier alpha value is -2.95. The van der Waals surface area contributed by atoms with Gasteiger partial charge in [-0.2, -0.15) is 5.10 Å². The first-order chi connectivity index (χ1) is 10.1.